The van der Waals surface area contributed by atoms with Gasteiger partial charge in [0.1, 0.15) is 0 Å². The summed E-state index contributed by atoms with van der Waals surface area (Å²) in [6.45, 7) is 9.86. The zero-order valence-corrected chi connectivity index (χ0v) is 48.2. The zero-order chi connectivity index (χ0) is 59.2. The molecule has 2 fully saturated rings. The third-order valence-corrected chi connectivity index (χ3v) is 17.6. The van der Waals surface area contributed by atoms with Gasteiger partial charge in [0.25, 0.3) is 11.4 Å². The first-order valence-electron chi connectivity index (χ1n) is 27.3. The summed E-state index contributed by atoms with van der Waals surface area (Å²) in [5.74, 6) is 0. The number of anilines is 2. The molecule has 0 atom stereocenters. The van der Waals surface area contributed by atoms with Crippen LogP contribution in [0.2, 0.25) is 0 Å². The first kappa shape index (κ1) is 59.7. The molecule has 5 aromatic carbocycles. The van der Waals surface area contributed by atoms with E-state index >= 15 is 0 Å². The Morgan fingerprint density at radius 2 is 0.817 bits per heavy atom. The quantitative estimate of drug-likeness (QED) is 0.104. The molecule has 20 heteroatoms. The fraction of sp³-hybridized carbons (Fsp3) is 0.355. The minimum Gasteiger partial charge on any atom is -0.347 e. The van der Waals surface area contributed by atoms with Crippen LogP contribution in [0.1, 0.15) is 125 Å². The van der Waals surface area contributed by atoms with Gasteiger partial charge in [-0.3, -0.25) is 20.2 Å². The highest BCUT2D eigenvalue weighted by Gasteiger charge is 2.50. The number of para-hydroxylation sites is 2. The van der Waals surface area contributed by atoms with E-state index in [2.05, 4.69) is 170 Å². The van der Waals surface area contributed by atoms with Crippen LogP contribution < -0.4 is 47.1 Å². The molecular formula is C62H66Cl2N6O12. The molecule has 4 heterocycles. The fourth-order valence-corrected chi connectivity index (χ4v) is 13.9. The molecule has 82 heavy (non-hydrogen) atoms. The Morgan fingerprint density at radius 3 is 1.15 bits per heavy atom. The molecule has 0 saturated heterocycles. The van der Waals surface area contributed by atoms with Crippen molar-refractivity contribution >= 4 is 45.5 Å². The molecule has 430 valence electrons. The highest BCUT2D eigenvalue weighted by Crippen LogP contribution is 2.56. The lowest BCUT2D eigenvalue weighted by atomic mass is 9.68. The van der Waals surface area contributed by atoms with Crippen molar-refractivity contribution in [3.63, 3.8) is 0 Å². The number of hydrogen-bond donors (Lipinski definition) is 0. The van der Waals surface area contributed by atoms with E-state index in [9.17, 15) is 20.2 Å². The summed E-state index contributed by atoms with van der Waals surface area (Å²) in [7, 11) is -5.49. The summed E-state index contributed by atoms with van der Waals surface area (Å²) in [6.07, 6.45) is 25.5. The van der Waals surface area contributed by atoms with Gasteiger partial charge in [-0.2, -0.15) is 9.15 Å². The summed E-state index contributed by atoms with van der Waals surface area (Å²) in [5, 5.41) is 24.2. The average molecular weight is 1160 g/mol. The van der Waals surface area contributed by atoms with E-state index in [-0.39, 0.29) is 32.1 Å². The number of nitrogens with zero attached hydrogens (tertiary/aromatic N) is 6. The maximum Gasteiger partial charge on any atom is 0.270 e. The highest BCUT2D eigenvalue weighted by molar-refractivity contribution is 6.04. The van der Waals surface area contributed by atoms with Crippen LogP contribution in [0.3, 0.4) is 0 Å². The van der Waals surface area contributed by atoms with Gasteiger partial charge < -0.3 is 9.80 Å². The predicted molar refractivity (Wildman–Crippen MR) is 290 cm³/mol. The Bertz CT molecular complexity index is 3250. The monoisotopic (exact) mass is 1160 g/mol. The molecule has 18 nitrogen and oxygen atoms in total. The molecular weight excluding hydrogens is 1090 g/mol. The van der Waals surface area contributed by atoms with E-state index < -0.39 is 31.3 Å². The number of rotatable bonds is 10. The molecule has 0 bridgehead atoms. The molecule has 0 amide bonds. The maximum absolute atomic E-state index is 12.1. The molecule has 5 aromatic rings. The summed E-state index contributed by atoms with van der Waals surface area (Å²) in [6, 6.07) is 37.1. The first-order chi connectivity index (χ1) is 38.7. The average Bonchev–Trinajstić information content (AvgIpc) is 2.24. The standard InChI is InChI=1S/C62H66N6O4.2ClHO4/c1-59(2)49-39-45(67(69)70)31-33-53(49)65(55(59)23-17-25-57-61(35-13-7-14-36-61)47-19-9-11-21-51(47)63(57)5)41-43-27-29-44(30-28-43)42-66-54-34-32-46(68(71)72)40-50(54)60(3,4)56(66)24-18-26-58-62(37-15-8-16-38-62)48-20-10-12-22-52(48)64(58)6;2*2-1(3,4)5/h9-12,17-34,39-40H,7-8,13-16,35-38,41-42H2,1-6H3;2*(H,2,3,4,5)/q+2;;/p-2. The van der Waals surface area contributed by atoms with Gasteiger partial charge in [-0.25, -0.2) is 37.3 Å². The molecule has 2 saturated carbocycles. The summed E-state index contributed by atoms with van der Waals surface area (Å²) in [4.78, 5) is 28.4. The van der Waals surface area contributed by atoms with Crippen LogP contribution in [-0.2, 0) is 34.7 Å². The van der Waals surface area contributed by atoms with Gasteiger partial charge in [0.2, 0.25) is 11.4 Å². The van der Waals surface area contributed by atoms with Gasteiger partial charge in [-0.1, -0.05) is 111 Å². The number of non-ortho nitro benzene ring substituents is 2. The molecule has 0 radical (unpaired) electrons. The van der Waals surface area contributed by atoms with Gasteiger partial charge in [0, 0.05) is 118 Å². The molecule has 2 aliphatic carbocycles. The molecule has 4 aliphatic heterocycles. The van der Waals surface area contributed by atoms with E-state index in [1.807, 2.05) is 12.1 Å². The maximum atomic E-state index is 12.1. The van der Waals surface area contributed by atoms with Crippen molar-refractivity contribution in [1.29, 1.82) is 0 Å². The lowest BCUT2D eigenvalue weighted by Gasteiger charge is -2.36. The number of allylic oxidation sites excluding steroid dienone is 8. The van der Waals surface area contributed by atoms with Crippen LogP contribution in [-0.4, -0.2) is 44.5 Å². The van der Waals surface area contributed by atoms with Crippen molar-refractivity contribution in [2.75, 3.05) is 23.9 Å². The fourth-order valence-electron chi connectivity index (χ4n) is 13.9. The number of benzene rings is 5. The second-order valence-corrected chi connectivity index (χ2v) is 24.5. The molecule has 0 unspecified atom stereocenters. The Labute approximate surface area is 481 Å². The van der Waals surface area contributed by atoms with Crippen LogP contribution in [0.15, 0.2) is 157 Å². The topological polar surface area (TPSA) is 283 Å². The van der Waals surface area contributed by atoms with Gasteiger partial charge in [-0.15, -0.1) is 20.5 Å². The second kappa shape index (κ2) is 23.0. The largest absolute Gasteiger partial charge is 0.347 e. The number of nitro groups is 2. The molecule has 6 aliphatic rings. The number of fused-ring (bicyclic) bond motifs is 6. The van der Waals surface area contributed by atoms with E-state index in [1.165, 1.54) is 72.4 Å². The molecule has 0 N–H and O–H groups in total. The smallest absolute Gasteiger partial charge is 0.270 e. The summed E-state index contributed by atoms with van der Waals surface area (Å²) >= 11 is 0. The van der Waals surface area contributed by atoms with E-state index in [0.717, 1.165) is 70.7 Å². The first-order valence-corrected chi connectivity index (χ1v) is 29.8. The van der Waals surface area contributed by atoms with Crippen LogP contribution >= 0.6 is 0 Å². The zero-order valence-electron chi connectivity index (χ0n) is 46.7. The minimum atomic E-state index is -4.94. The van der Waals surface area contributed by atoms with E-state index in [0.29, 0.717) is 13.1 Å². The second-order valence-electron chi connectivity index (χ2n) is 22.9. The van der Waals surface area contributed by atoms with Gasteiger partial charge in [0.05, 0.1) is 20.7 Å². The lowest BCUT2D eigenvalue weighted by Crippen LogP contribution is -2.68. The Hall–Kier alpha value is -6.94. The Balaban J connectivity index is 0.000000747. The van der Waals surface area contributed by atoms with Crippen molar-refractivity contribution in [3.05, 3.63) is 211 Å². The van der Waals surface area contributed by atoms with Crippen molar-refractivity contribution in [2.24, 2.45) is 0 Å². The number of hydrogen-bond acceptors (Lipinski definition) is 14. The third-order valence-electron chi connectivity index (χ3n) is 17.6. The predicted octanol–water partition coefficient (Wildman–Crippen LogP) is 4.73. The Kier molecular flexibility index (Phi) is 16.7. The van der Waals surface area contributed by atoms with Crippen molar-refractivity contribution in [3.8, 4) is 0 Å². The highest BCUT2D eigenvalue weighted by atomic mass is 35.7. The SMILES string of the molecule is CN1/C(=C/C=C/C2=[N+](Cc3ccc(C[N+]4=C(/C=C/C=C5/N(C)c6ccccc6C56CCCCC6)C(C)(C)c5cc([N+](=O)[O-])ccc54)cc3)c3ccc([N+](=O)[O-])cc3C2(C)C)C2(CCCCC2)c2ccccc21.[O-][Cl+3]([O-])([O-])[O-].[O-][Cl+3]([O-])([O-])[O-]. The normalized spacial score (nSPS) is 20.1. The number of likely N-dealkylation sites (N-methyl/N-ethyl adjacent to an activating group) is 2. The van der Waals surface area contributed by atoms with Crippen molar-refractivity contribution < 1.29 is 76.8 Å². The van der Waals surface area contributed by atoms with Crippen molar-refractivity contribution in [2.45, 2.75) is 127 Å². The van der Waals surface area contributed by atoms with Gasteiger partial charge >= 0.3 is 0 Å². The third kappa shape index (κ3) is 11.8. The van der Waals surface area contributed by atoms with Crippen LogP contribution in [0.5, 0.6) is 0 Å². The molecule has 0 aromatic heterocycles. The summed E-state index contributed by atoms with van der Waals surface area (Å²) in [5.41, 5.74) is 15.5. The van der Waals surface area contributed by atoms with Gasteiger partial charge in [-0.05, 0) is 88.8 Å². The van der Waals surface area contributed by atoms with E-state index in [4.69, 9.17) is 37.3 Å². The lowest BCUT2D eigenvalue weighted by molar-refractivity contribution is -2.00. The molecule has 11 rings (SSSR count). The van der Waals surface area contributed by atoms with Crippen LogP contribution in [0.4, 0.5) is 34.1 Å². The van der Waals surface area contributed by atoms with E-state index in [1.54, 1.807) is 24.3 Å². The molecule has 2 spiro atoms. The number of nitro benzene ring substituents is 2. The Morgan fingerprint density at radius 1 is 0.488 bits per heavy atom. The van der Waals surface area contributed by atoms with Crippen molar-refractivity contribution in [1.82, 2.24) is 0 Å². The number of halogens is 2. The van der Waals surface area contributed by atoms with Crippen LogP contribution in [0.25, 0.3) is 0 Å². The summed E-state index contributed by atoms with van der Waals surface area (Å²) < 4.78 is 72.6. The van der Waals surface area contributed by atoms with Gasteiger partial charge in [0.15, 0.2) is 24.5 Å². The van der Waals surface area contributed by atoms with Crippen LogP contribution in [0, 0.1) is 40.7 Å². The minimum absolute atomic E-state index is 0.00367.